The van der Waals surface area contributed by atoms with E-state index in [1.165, 1.54) is 74.0 Å². The normalized spacial score (nSPS) is 18.2. The number of hydrogen-bond acceptors (Lipinski definition) is 0. The van der Waals surface area contributed by atoms with Gasteiger partial charge in [-0.15, -0.1) is 0 Å². The van der Waals surface area contributed by atoms with E-state index in [4.69, 9.17) is 17.0 Å². The number of halogens is 2. The van der Waals surface area contributed by atoms with E-state index in [-0.39, 0.29) is 12.7 Å². The summed E-state index contributed by atoms with van der Waals surface area (Å²) in [5, 5.41) is 0. The molecule has 6 rings (SSSR count). The molecule has 47 heavy (non-hydrogen) atoms. The van der Waals surface area contributed by atoms with Crippen molar-refractivity contribution in [2.45, 2.75) is 92.5 Å². The molecule has 4 aromatic carbocycles. The second kappa shape index (κ2) is 13.4. The quantitative estimate of drug-likeness (QED) is 0.141. The first-order valence-electron chi connectivity index (χ1n) is 17.8. The van der Waals surface area contributed by atoms with Crippen molar-refractivity contribution in [1.82, 2.24) is 0 Å². The number of unbranched alkanes of at least 4 members (excludes halogenated alkanes) is 1. The summed E-state index contributed by atoms with van der Waals surface area (Å²) in [5.41, 5.74) is 14.8. The van der Waals surface area contributed by atoms with Gasteiger partial charge in [-0.1, -0.05) is 0 Å². The Bertz CT molecular complexity index is 1820. The van der Waals surface area contributed by atoms with Crippen LogP contribution in [0.15, 0.2) is 96.6 Å². The fourth-order valence-corrected chi connectivity index (χ4v) is 37.6. The number of rotatable bonds is 10. The molecule has 0 spiro atoms. The summed E-state index contributed by atoms with van der Waals surface area (Å²) in [4.78, 5) is 0. The molecule has 4 heteroatoms. The predicted molar refractivity (Wildman–Crippen MR) is 209 cm³/mol. The Balaban J connectivity index is 1.45. The van der Waals surface area contributed by atoms with Gasteiger partial charge >= 0.3 is 295 Å². The molecule has 0 radical (unpaired) electrons. The van der Waals surface area contributed by atoms with E-state index in [1.54, 1.807) is 0 Å². The van der Waals surface area contributed by atoms with Gasteiger partial charge in [-0.3, -0.25) is 0 Å². The van der Waals surface area contributed by atoms with Gasteiger partial charge < -0.3 is 0 Å². The zero-order valence-corrected chi connectivity index (χ0v) is 34.5. The first-order valence-corrected chi connectivity index (χ1v) is 34.1. The Morgan fingerprint density at radius 3 is 1.87 bits per heavy atom. The van der Waals surface area contributed by atoms with Crippen molar-refractivity contribution in [3.63, 3.8) is 0 Å². The van der Waals surface area contributed by atoms with Gasteiger partial charge in [0, 0.05) is 0 Å². The van der Waals surface area contributed by atoms with E-state index in [0.717, 1.165) is 19.3 Å². The Morgan fingerprint density at radius 1 is 0.702 bits per heavy atom. The Hall–Kier alpha value is -1.96. The van der Waals surface area contributed by atoms with E-state index < -0.39 is 21.5 Å². The Labute approximate surface area is 293 Å². The SMILES string of the molecule is CCCCc1ccc(-c2cccc3c2C=C(CCC)[CH]3[Zr]([Cl])([Cl])([CH]2C=Cc3c(-c4ccc(C(C)(C)C)cc4)cccc32)[SiH](C)C)cc1. The minimum atomic E-state index is -4.71. The van der Waals surface area contributed by atoms with E-state index in [9.17, 15) is 0 Å². The predicted octanol–water partition coefficient (Wildman–Crippen LogP) is 13.6. The van der Waals surface area contributed by atoms with Crippen molar-refractivity contribution in [2.24, 2.45) is 0 Å². The van der Waals surface area contributed by atoms with E-state index >= 15 is 0 Å². The number of hydrogen-bond donors (Lipinski definition) is 0. The molecule has 0 fully saturated rings. The van der Waals surface area contributed by atoms with Gasteiger partial charge in [0.25, 0.3) is 0 Å². The van der Waals surface area contributed by atoms with Crippen LogP contribution in [-0.4, -0.2) is 5.92 Å². The van der Waals surface area contributed by atoms with Crippen LogP contribution in [0.3, 0.4) is 0 Å². The molecule has 0 saturated heterocycles. The summed E-state index contributed by atoms with van der Waals surface area (Å²) in [6.07, 6.45) is 13.0. The van der Waals surface area contributed by atoms with Gasteiger partial charge in [0.15, 0.2) is 0 Å². The summed E-state index contributed by atoms with van der Waals surface area (Å²) < 4.78 is 0.216. The van der Waals surface area contributed by atoms with Gasteiger partial charge in [0.2, 0.25) is 0 Å². The standard InChI is InChI=1S/C22H25.C19H19.C2H7Si.2ClH.Zr/c1-3-5-8-17-11-13-19(14-12-17)21-10-6-9-20-15-18(7-4-2)16-22(20)21;1-19(2,3)16-12-10-15(11-13-16)18-9-5-7-14-6-4-8-17(14)18;1-3-2;;;/h6,9-16H,3-5,7-8H2,1-2H3;4-13H,1-3H3;3H,1-2H3;2*1H;/q;;;;;+2/p-2. The molecule has 0 aliphatic heterocycles. The molecule has 0 N–H and O–H groups in total. The van der Waals surface area contributed by atoms with Crippen LogP contribution in [0.1, 0.15) is 101 Å². The molecule has 2 unspecified atom stereocenters. The van der Waals surface area contributed by atoms with Crippen molar-refractivity contribution in [3.8, 4) is 22.3 Å². The molecule has 0 heterocycles. The molecule has 2 aliphatic rings. The third-order valence-electron chi connectivity index (χ3n) is 11.0. The molecular weight excluding hydrogens is 707 g/mol. The number of aryl methyl sites for hydroxylation is 1. The van der Waals surface area contributed by atoms with Crippen LogP contribution in [0.5, 0.6) is 0 Å². The fourth-order valence-electron chi connectivity index (χ4n) is 8.20. The Morgan fingerprint density at radius 2 is 1.30 bits per heavy atom. The molecule has 2 atom stereocenters. The van der Waals surface area contributed by atoms with Gasteiger partial charge in [-0.05, 0) is 0 Å². The first-order chi connectivity index (χ1) is 22.4. The van der Waals surface area contributed by atoms with Gasteiger partial charge in [-0.2, -0.15) is 0 Å². The zero-order chi connectivity index (χ0) is 33.6. The van der Waals surface area contributed by atoms with Crippen molar-refractivity contribution in [3.05, 3.63) is 130 Å². The Kier molecular flexibility index (Phi) is 9.94. The molecule has 0 saturated carbocycles. The fraction of sp³-hybridized carbons (Fsp3) is 0.349. The molecule has 245 valence electrons. The van der Waals surface area contributed by atoms with Gasteiger partial charge in [-0.25, -0.2) is 0 Å². The van der Waals surface area contributed by atoms with Crippen LogP contribution < -0.4 is 0 Å². The molecule has 0 bridgehead atoms. The van der Waals surface area contributed by atoms with Crippen molar-refractivity contribution in [2.75, 3.05) is 0 Å². The van der Waals surface area contributed by atoms with Gasteiger partial charge in [0.1, 0.15) is 0 Å². The maximum atomic E-state index is 8.51. The molecule has 0 nitrogen and oxygen atoms in total. The molecule has 2 aliphatic carbocycles. The molecule has 0 amide bonds. The molecule has 0 aromatic heterocycles. The van der Waals surface area contributed by atoms with Gasteiger partial charge in [0.05, 0.1) is 0 Å². The van der Waals surface area contributed by atoms with E-state index in [2.05, 4.69) is 151 Å². The minimum absolute atomic E-state index is 0.0907. The topological polar surface area (TPSA) is 0 Å². The van der Waals surface area contributed by atoms with E-state index in [0.29, 0.717) is 0 Å². The van der Waals surface area contributed by atoms with Crippen LogP contribution in [-0.2, 0) is 27.4 Å². The third kappa shape index (κ3) is 6.20. The molecular formula is C43H51Cl2SiZr. The average Bonchev–Trinajstić information content (AvgIpc) is 3.67. The zero-order valence-electron chi connectivity index (χ0n) is 29.3. The summed E-state index contributed by atoms with van der Waals surface area (Å²) in [6.45, 7) is 16.2. The summed E-state index contributed by atoms with van der Waals surface area (Å²) in [7, 11) is 17.0. The second-order valence-corrected chi connectivity index (χ2v) is 58.0. The van der Waals surface area contributed by atoms with Crippen LogP contribution >= 0.6 is 17.0 Å². The monoisotopic (exact) mass is 755 g/mol. The van der Waals surface area contributed by atoms with Crippen LogP contribution in [0, 0.1) is 0 Å². The molecule has 4 aromatic rings. The van der Waals surface area contributed by atoms with Crippen LogP contribution in [0.4, 0.5) is 0 Å². The van der Waals surface area contributed by atoms with Crippen LogP contribution in [0.25, 0.3) is 34.4 Å². The third-order valence-corrected chi connectivity index (χ3v) is 63.0. The summed E-state index contributed by atoms with van der Waals surface area (Å²) >= 11 is -4.71. The number of fused-ring (bicyclic) bond motifs is 2. The average molecular weight is 758 g/mol. The van der Waals surface area contributed by atoms with Crippen molar-refractivity contribution >= 4 is 35.1 Å². The first kappa shape index (κ1) is 34.9. The maximum absolute atomic E-state index is 8.51. The second-order valence-electron chi connectivity index (χ2n) is 15.4. The number of benzene rings is 4. The summed E-state index contributed by atoms with van der Waals surface area (Å²) in [5.74, 6) is -1.58. The number of allylic oxidation sites excluding steroid dienone is 2. The van der Waals surface area contributed by atoms with Crippen LogP contribution in [0.2, 0.25) is 13.1 Å². The van der Waals surface area contributed by atoms with E-state index in [1.807, 2.05) is 0 Å². The van der Waals surface area contributed by atoms with Crippen molar-refractivity contribution < 1.29 is 15.6 Å². The van der Waals surface area contributed by atoms with Crippen molar-refractivity contribution in [1.29, 1.82) is 0 Å². The summed E-state index contributed by atoms with van der Waals surface area (Å²) in [6, 6.07) is 32.1.